The van der Waals surface area contributed by atoms with Crippen molar-refractivity contribution < 1.29 is 14.6 Å². The van der Waals surface area contributed by atoms with Gasteiger partial charge < -0.3 is 9.84 Å². The lowest BCUT2D eigenvalue weighted by Crippen LogP contribution is -2.28. The smallest absolute Gasteiger partial charge is 0.335 e. The molecule has 1 N–H and O–H groups in total. The van der Waals surface area contributed by atoms with Crippen molar-refractivity contribution in [2.24, 2.45) is 0 Å². The third-order valence-electron chi connectivity index (χ3n) is 3.30. The molecule has 3 nitrogen and oxygen atoms in total. The number of carbonyl (C=O) groups is 1. The number of rotatable bonds is 4. The lowest BCUT2D eigenvalue weighted by Gasteiger charge is -2.21. The Hall–Kier alpha value is -1.35. The van der Waals surface area contributed by atoms with Gasteiger partial charge in [-0.2, -0.15) is 0 Å². The highest BCUT2D eigenvalue weighted by molar-refractivity contribution is 5.75. The van der Waals surface area contributed by atoms with Gasteiger partial charge in [0, 0.05) is 5.92 Å². The molecular weight excluding hydrogens is 240 g/mol. The highest BCUT2D eigenvalue weighted by Crippen LogP contribution is 2.26. The van der Waals surface area contributed by atoms with Crippen LogP contribution >= 0.6 is 0 Å². The molecule has 0 aliphatic heterocycles. The highest BCUT2D eigenvalue weighted by Gasteiger charge is 2.25. The molecule has 0 spiro atoms. The number of carbonyl (C=O) groups excluding carboxylic acids is 1. The van der Waals surface area contributed by atoms with Gasteiger partial charge in [-0.25, -0.2) is 4.79 Å². The highest BCUT2D eigenvalue weighted by atomic mass is 16.5. The van der Waals surface area contributed by atoms with E-state index in [1.54, 1.807) is 6.92 Å². The Morgan fingerprint density at radius 1 is 1.26 bits per heavy atom. The largest absolute Gasteiger partial charge is 0.464 e. The van der Waals surface area contributed by atoms with Crippen molar-refractivity contribution in [3.05, 3.63) is 35.4 Å². The van der Waals surface area contributed by atoms with Crippen molar-refractivity contribution in [2.45, 2.75) is 52.1 Å². The van der Waals surface area contributed by atoms with Crippen molar-refractivity contribution in [1.82, 2.24) is 0 Å². The Morgan fingerprint density at radius 3 is 2.21 bits per heavy atom. The van der Waals surface area contributed by atoms with Gasteiger partial charge in [-0.05, 0) is 23.5 Å². The molecule has 1 aromatic carbocycles. The molecule has 0 heterocycles. The summed E-state index contributed by atoms with van der Waals surface area (Å²) in [5.74, 6) is -0.831. The van der Waals surface area contributed by atoms with Crippen LogP contribution in [0.5, 0.6) is 0 Å². The zero-order valence-electron chi connectivity index (χ0n) is 12.4. The average Bonchev–Trinajstić information content (AvgIpc) is 2.36. The number of hydrogen-bond donors (Lipinski definition) is 1. The zero-order valence-corrected chi connectivity index (χ0v) is 12.4. The van der Waals surface area contributed by atoms with Crippen LogP contribution in [0.25, 0.3) is 0 Å². The minimum atomic E-state index is -1.11. The van der Waals surface area contributed by atoms with Crippen molar-refractivity contribution >= 4 is 5.97 Å². The molecule has 19 heavy (non-hydrogen) atoms. The van der Waals surface area contributed by atoms with Crippen molar-refractivity contribution in [3.63, 3.8) is 0 Å². The van der Waals surface area contributed by atoms with Gasteiger partial charge in [-0.1, -0.05) is 52.0 Å². The maximum absolute atomic E-state index is 11.5. The first-order valence-corrected chi connectivity index (χ1v) is 6.72. The summed E-state index contributed by atoms with van der Waals surface area (Å²) < 4.78 is 4.84. The fraction of sp³-hybridized carbons (Fsp3) is 0.562. The second-order valence-corrected chi connectivity index (χ2v) is 5.86. The molecule has 0 radical (unpaired) electrons. The maximum atomic E-state index is 11.5. The molecule has 0 saturated carbocycles. The molecule has 0 aliphatic rings. The van der Waals surface area contributed by atoms with Crippen molar-refractivity contribution in [3.8, 4) is 0 Å². The molecule has 3 heteroatoms. The normalized spacial score (nSPS) is 14.8. The van der Waals surface area contributed by atoms with E-state index in [0.717, 1.165) is 5.56 Å². The predicted octanol–water partition coefficient (Wildman–Crippen LogP) is 3.01. The van der Waals surface area contributed by atoms with Gasteiger partial charge in [0.05, 0.1) is 6.61 Å². The molecule has 106 valence electrons. The van der Waals surface area contributed by atoms with E-state index >= 15 is 0 Å². The van der Waals surface area contributed by atoms with Crippen molar-refractivity contribution in [1.29, 1.82) is 0 Å². The van der Waals surface area contributed by atoms with Crippen LogP contribution in [0.15, 0.2) is 24.3 Å². The van der Waals surface area contributed by atoms with E-state index < -0.39 is 12.1 Å². The van der Waals surface area contributed by atoms with Crippen LogP contribution in [0.3, 0.4) is 0 Å². The quantitative estimate of drug-likeness (QED) is 0.850. The summed E-state index contributed by atoms with van der Waals surface area (Å²) in [6.07, 6.45) is -1.11. The van der Waals surface area contributed by atoms with E-state index in [4.69, 9.17) is 4.74 Å². The fourth-order valence-electron chi connectivity index (χ4n) is 1.90. The van der Waals surface area contributed by atoms with Crippen LogP contribution in [0, 0.1) is 0 Å². The van der Waals surface area contributed by atoms with E-state index in [1.165, 1.54) is 5.56 Å². The monoisotopic (exact) mass is 264 g/mol. The molecule has 2 unspecified atom stereocenters. The zero-order chi connectivity index (χ0) is 14.6. The molecule has 1 aromatic rings. The average molecular weight is 264 g/mol. The number of ether oxygens (including phenoxy) is 1. The topological polar surface area (TPSA) is 46.5 Å². The lowest BCUT2D eigenvalue weighted by molar-refractivity contribution is -0.154. The van der Waals surface area contributed by atoms with E-state index in [9.17, 15) is 9.90 Å². The molecule has 0 saturated heterocycles. The van der Waals surface area contributed by atoms with E-state index in [2.05, 4.69) is 20.8 Å². The molecule has 0 amide bonds. The first-order chi connectivity index (χ1) is 8.77. The van der Waals surface area contributed by atoms with Crippen LogP contribution in [0.4, 0.5) is 0 Å². The van der Waals surface area contributed by atoms with Crippen LogP contribution < -0.4 is 0 Å². The summed E-state index contributed by atoms with van der Waals surface area (Å²) in [7, 11) is 0. The van der Waals surface area contributed by atoms with Gasteiger partial charge >= 0.3 is 5.97 Å². The van der Waals surface area contributed by atoms with E-state index in [-0.39, 0.29) is 17.9 Å². The SMILES string of the molecule is CCOC(=O)C(O)C(C)c1ccc(C(C)(C)C)cc1. The first-order valence-electron chi connectivity index (χ1n) is 6.72. The second-order valence-electron chi connectivity index (χ2n) is 5.86. The van der Waals surface area contributed by atoms with Gasteiger partial charge in [-0.15, -0.1) is 0 Å². The third kappa shape index (κ3) is 4.06. The minimum absolute atomic E-state index is 0.0987. The summed E-state index contributed by atoms with van der Waals surface area (Å²) in [5.41, 5.74) is 2.27. The van der Waals surface area contributed by atoms with Crippen molar-refractivity contribution in [2.75, 3.05) is 6.61 Å². The Bertz CT molecular complexity index is 415. The summed E-state index contributed by atoms with van der Waals surface area (Å²) in [6, 6.07) is 8.02. The lowest BCUT2D eigenvalue weighted by atomic mass is 9.85. The number of esters is 1. The fourth-order valence-corrected chi connectivity index (χ4v) is 1.90. The predicted molar refractivity (Wildman–Crippen MR) is 76.2 cm³/mol. The number of aliphatic hydroxyl groups is 1. The Labute approximate surface area is 115 Å². The molecular formula is C16H24O3. The molecule has 0 aliphatic carbocycles. The van der Waals surface area contributed by atoms with Crippen LogP contribution in [0.1, 0.15) is 51.7 Å². The van der Waals surface area contributed by atoms with Gasteiger partial charge in [0.15, 0.2) is 6.10 Å². The molecule has 0 fully saturated rings. The Morgan fingerprint density at radius 2 is 1.79 bits per heavy atom. The summed E-state index contributed by atoms with van der Waals surface area (Å²) in [5, 5.41) is 9.93. The Balaban J connectivity index is 2.83. The summed E-state index contributed by atoms with van der Waals surface area (Å²) in [6.45, 7) is 10.3. The molecule has 1 rings (SSSR count). The molecule has 2 atom stereocenters. The van der Waals surface area contributed by atoms with E-state index in [0.29, 0.717) is 0 Å². The minimum Gasteiger partial charge on any atom is -0.464 e. The van der Waals surface area contributed by atoms with Gasteiger partial charge in [0.2, 0.25) is 0 Å². The summed E-state index contributed by atoms with van der Waals surface area (Å²) >= 11 is 0. The van der Waals surface area contributed by atoms with E-state index in [1.807, 2.05) is 31.2 Å². The van der Waals surface area contributed by atoms with Crippen LogP contribution in [0.2, 0.25) is 0 Å². The van der Waals surface area contributed by atoms with Gasteiger partial charge in [-0.3, -0.25) is 0 Å². The van der Waals surface area contributed by atoms with Gasteiger partial charge in [0.1, 0.15) is 0 Å². The standard InChI is InChI=1S/C16H24O3/c1-6-19-15(18)14(17)11(2)12-7-9-13(10-8-12)16(3,4)5/h7-11,14,17H,6H2,1-5H3. The molecule has 0 aromatic heterocycles. The number of hydrogen-bond acceptors (Lipinski definition) is 3. The van der Waals surface area contributed by atoms with Gasteiger partial charge in [0.25, 0.3) is 0 Å². The maximum Gasteiger partial charge on any atom is 0.335 e. The number of aliphatic hydroxyl groups excluding tert-OH is 1. The second kappa shape index (κ2) is 6.20. The Kier molecular flexibility index (Phi) is 5.12. The van der Waals surface area contributed by atoms with Crippen LogP contribution in [-0.4, -0.2) is 23.8 Å². The first kappa shape index (κ1) is 15.7. The van der Waals surface area contributed by atoms with Crippen LogP contribution in [-0.2, 0) is 14.9 Å². The third-order valence-corrected chi connectivity index (χ3v) is 3.30. The molecule has 0 bridgehead atoms. The number of benzene rings is 1. The summed E-state index contributed by atoms with van der Waals surface area (Å²) in [4.78, 5) is 11.5.